The zero-order valence-corrected chi connectivity index (χ0v) is 19.0. The quantitative estimate of drug-likeness (QED) is 0.547. The maximum Gasteiger partial charge on any atom is 0.242 e. The molecule has 31 heavy (non-hydrogen) atoms. The predicted molar refractivity (Wildman–Crippen MR) is 128 cm³/mol. The number of aryl methyl sites for hydroxylation is 1. The molecule has 0 atom stereocenters. The zero-order chi connectivity index (χ0) is 21.8. The van der Waals surface area contributed by atoms with Gasteiger partial charge in [0.15, 0.2) is 3.95 Å². The van der Waals surface area contributed by atoms with Crippen molar-refractivity contribution in [3.05, 3.63) is 69.5 Å². The number of benzene rings is 2. The number of anilines is 1. The van der Waals surface area contributed by atoms with Crippen LogP contribution < -0.4 is 5.32 Å². The molecule has 1 fully saturated rings. The molecule has 0 spiro atoms. The molecule has 1 saturated heterocycles. The lowest BCUT2D eigenvalue weighted by Gasteiger charge is -2.31. The van der Waals surface area contributed by atoms with Crippen molar-refractivity contribution in [2.45, 2.75) is 26.3 Å². The van der Waals surface area contributed by atoms with Gasteiger partial charge in [-0.05, 0) is 49.7 Å². The number of carbonyl (C=O) groups is 2. The minimum absolute atomic E-state index is 0.0278. The second kappa shape index (κ2) is 9.58. The van der Waals surface area contributed by atoms with E-state index >= 15 is 0 Å². The number of hydrogen-bond donors (Lipinski definition) is 1. The summed E-state index contributed by atoms with van der Waals surface area (Å²) < 4.78 is 2.61. The third kappa shape index (κ3) is 5.11. The lowest BCUT2D eigenvalue weighted by molar-refractivity contribution is -0.135. The number of nitrogens with one attached hydrogen (secondary N) is 1. The molecule has 2 amide bonds. The van der Waals surface area contributed by atoms with Crippen LogP contribution in [-0.4, -0.2) is 34.4 Å². The number of nitrogens with zero attached hydrogens (tertiary/aromatic N) is 2. The van der Waals surface area contributed by atoms with Crippen molar-refractivity contribution in [2.24, 2.45) is 5.92 Å². The van der Waals surface area contributed by atoms with E-state index in [0.717, 1.165) is 16.9 Å². The minimum Gasteiger partial charge on any atom is -0.341 e. The third-order valence-corrected chi connectivity index (χ3v) is 6.96. The monoisotopic (exact) mass is 451 g/mol. The molecule has 0 saturated carbocycles. The molecule has 0 bridgehead atoms. The summed E-state index contributed by atoms with van der Waals surface area (Å²) in [5.41, 5.74) is 4.03. The van der Waals surface area contributed by atoms with Crippen molar-refractivity contribution in [2.75, 3.05) is 18.4 Å². The van der Waals surface area contributed by atoms with Gasteiger partial charge in [0.1, 0.15) is 6.54 Å². The smallest absolute Gasteiger partial charge is 0.242 e. The van der Waals surface area contributed by atoms with Crippen LogP contribution in [0.3, 0.4) is 0 Å². The maximum atomic E-state index is 13.0. The number of thiazole rings is 1. The lowest BCUT2D eigenvalue weighted by Crippen LogP contribution is -2.42. The number of rotatable bonds is 5. The van der Waals surface area contributed by atoms with Gasteiger partial charge in [-0.15, -0.1) is 11.3 Å². The molecule has 2 aromatic carbocycles. The first-order valence-electron chi connectivity index (χ1n) is 10.4. The molecule has 0 unspecified atom stereocenters. The van der Waals surface area contributed by atoms with Crippen LogP contribution >= 0.6 is 23.6 Å². The van der Waals surface area contributed by atoms with Crippen molar-refractivity contribution in [1.29, 1.82) is 0 Å². The van der Waals surface area contributed by atoms with Gasteiger partial charge in [0.2, 0.25) is 11.8 Å². The number of hydrogen-bond acceptors (Lipinski definition) is 4. The van der Waals surface area contributed by atoms with Gasteiger partial charge in [0.25, 0.3) is 0 Å². The Balaban J connectivity index is 1.37. The van der Waals surface area contributed by atoms with E-state index in [2.05, 4.69) is 36.5 Å². The fourth-order valence-corrected chi connectivity index (χ4v) is 4.90. The zero-order valence-electron chi connectivity index (χ0n) is 17.4. The maximum absolute atomic E-state index is 13.0. The van der Waals surface area contributed by atoms with E-state index in [1.165, 1.54) is 16.9 Å². The van der Waals surface area contributed by atoms with Gasteiger partial charge < -0.3 is 14.8 Å². The first-order valence-corrected chi connectivity index (χ1v) is 11.7. The van der Waals surface area contributed by atoms with Crippen LogP contribution in [0.1, 0.15) is 18.4 Å². The molecule has 5 nitrogen and oxygen atoms in total. The van der Waals surface area contributed by atoms with Crippen molar-refractivity contribution in [1.82, 2.24) is 9.47 Å². The van der Waals surface area contributed by atoms with E-state index in [0.29, 0.717) is 29.9 Å². The normalized spacial score (nSPS) is 14.4. The average molecular weight is 452 g/mol. The molecule has 4 rings (SSSR count). The summed E-state index contributed by atoms with van der Waals surface area (Å²) in [5, 5.41) is 4.98. The Kier molecular flexibility index (Phi) is 6.63. The molecule has 7 heteroatoms. The standard InChI is InChI=1S/C24H25N3O2S2/c1-17-7-9-18(10-8-17)21-16-31-24(30)27(21)15-22(28)26-13-11-19(12-14-26)23(29)25-20-5-3-2-4-6-20/h2-10,16,19H,11-15H2,1H3,(H,25,29). The van der Waals surface area contributed by atoms with Crippen LogP contribution in [0.4, 0.5) is 5.69 Å². The van der Waals surface area contributed by atoms with Crippen LogP contribution in [0.25, 0.3) is 11.3 Å². The molecule has 2 heterocycles. The first kappa shape index (κ1) is 21.5. The summed E-state index contributed by atoms with van der Waals surface area (Å²) in [6.45, 7) is 3.45. The van der Waals surface area contributed by atoms with E-state index in [9.17, 15) is 9.59 Å². The van der Waals surface area contributed by atoms with Gasteiger partial charge >= 0.3 is 0 Å². The molecular weight excluding hydrogens is 426 g/mol. The first-order chi connectivity index (χ1) is 15.0. The highest BCUT2D eigenvalue weighted by Crippen LogP contribution is 2.25. The third-order valence-electron chi connectivity index (χ3n) is 5.68. The van der Waals surface area contributed by atoms with E-state index in [4.69, 9.17) is 12.2 Å². The highest BCUT2D eigenvalue weighted by Gasteiger charge is 2.27. The van der Waals surface area contributed by atoms with E-state index < -0.39 is 0 Å². The summed E-state index contributed by atoms with van der Waals surface area (Å²) >= 11 is 6.97. The van der Waals surface area contributed by atoms with Gasteiger partial charge in [-0.25, -0.2) is 0 Å². The summed E-state index contributed by atoms with van der Waals surface area (Å²) in [5.74, 6) is 0.000444. The van der Waals surface area contributed by atoms with Gasteiger partial charge in [0.05, 0.1) is 5.69 Å². The summed E-state index contributed by atoms with van der Waals surface area (Å²) in [7, 11) is 0. The van der Waals surface area contributed by atoms with E-state index in [1.807, 2.05) is 45.2 Å². The number of likely N-dealkylation sites (tertiary alicyclic amines) is 1. The molecule has 1 N–H and O–H groups in total. The van der Waals surface area contributed by atoms with Crippen LogP contribution in [0.5, 0.6) is 0 Å². The van der Waals surface area contributed by atoms with Gasteiger partial charge in [-0.3, -0.25) is 9.59 Å². The van der Waals surface area contributed by atoms with Gasteiger partial charge in [0, 0.05) is 30.1 Å². The van der Waals surface area contributed by atoms with Crippen LogP contribution in [0.15, 0.2) is 60.0 Å². The van der Waals surface area contributed by atoms with E-state index in [1.54, 1.807) is 0 Å². The molecule has 0 radical (unpaired) electrons. The number of para-hydroxylation sites is 1. The van der Waals surface area contributed by atoms with Crippen LogP contribution in [-0.2, 0) is 16.1 Å². The second-order valence-corrected chi connectivity index (χ2v) is 9.35. The fraction of sp³-hybridized carbons (Fsp3) is 0.292. The van der Waals surface area contributed by atoms with E-state index in [-0.39, 0.29) is 24.3 Å². The predicted octanol–water partition coefficient (Wildman–Crippen LogP) is 5.13. The highest BCUT2D eigenvalue weighted by atomic mass is 32.1. The molecule has 3 aromatic rings. The Morgan fingerprint density at radius 2 is 1.74 bits per heavy atom. The van der Waals surface area contributed by atoms with Crippen molar-refractivity contribution < 1.29 is 9.59 Å². The Morgan fingerprint density at radius 1 is 1.06 bits per heavy atom. The van der Waals surface area contributed by atoms with Crippen LogP contribution in [0, 0.1) is 16.8 Å². The Labute approximate surface area is 191 Å². The molecule has 160 valence electrons. The average Bonchev–Trinajstić information content (AvgIpc) is 3.15. The number of amides is 2. The van der Waals surface area contributed by atoms with Gasteiger partial charge in [-0.1, -0.05) is 48.0 Å². The largest absolute Gasteiger partial charge is 0.341 e. The molecular formula is C24H25N3O2S2. The highest BCUT2D eigenvalue weighted by molar-refractivity contribution is 7.73. The fourth-order valence-electron chi connectivity index (χ4n) is 3.82. The van der Waals surface area contributed by atoms with Gasteiger partial charge in [-0.2, -0.15) is 0 Å². The lowest BCUT2D eigenvalue weighted by atomic mass is 9.95. The SMILES string of the molecule is Cc1ccc(-c2csc(=S)n2CC(=O)N2CCC(C(=O)Nc3ccccc3)CC2)cc1. The second-order valence-electron chi connectivity index (χ2n) is 7.85. The summed E-state index contributed by atoms with van der Waals surface area (Å²) in [6.07, 6.45) is 1.34. The number of aromatic nitrogens is 1. The Bertz CT molecular complexity index is 1110. The van der Waals surface area contributed by atoms with Crippen molar-refractivity contribution in [3.8, 4) is 11.3 Å². The summed E-state index contributed by atoms with van der Waals surface area (Å²) in [4.78, 5) is 27.4. The minimum atomic E-state index is -0.0734. The molecule has 1 aromatic heterocycles. The molecule has 0 aliphatic carbocycles. The Morgan fingerprint density at radius 3 is 2.42 bits per heavy atom. The Hall–Kier alpha value is -2.77. The summed E-state index contributed by atoms with van der Waals surface area (Å²) in [6, 6.07) is 17.7. The number of piperidine rings is 1. The van der Waals surface area contributed by atoms with Crippen molar-refractivity contribution >= 4 is 41.1 Å². The molecule has 1 aliphatic heterocycles. The van der Waals surface area contributed by atoms with Crippen molar-refractivity contribution in [3.63, 3.8) is 0 Å². The molecule has 1 aliphatic rings. The number of carbonyl (C=O) groups excluding carboxylic acids is 2. The van der Waals surface area contributed by atoms with Crippen LogP contribution in [0.2, 0.25) is 0 Å². The topological polar surface area (TPSA) is 54.3 Å².